The first-order valence-electron chi connectivity index (χ1n) is 7.77. The molecule has 1 atom stereocenters. The van der Waals surface area contributed by atoms with Gasteiger partial charge in [0, 0.05) is 5.56 Å². The lowest BCUT2D eigenvalue weighted by molar-refractivity contribution is -0.142. The first kappa shape index (κ1) is 18.9. The van der Waals surface area contributed by atoms with Crippen molar-refractivity contribution >= 4 is 29.5 Å². The van der Waals surface area contributed by atoms with E-state index in [0.29, 0.717) is 18.1 Å². The molecule has 0 bridgehead atoms. The Labute approximate surface area is 149 Å². The smallest absolute Gasteiger partial charge is 0.319 e. The molecule has 6 nitrogen and oxygen atoms in total. The van der Waals surface area contributed by atoms with E-state index in [1.165, 1.54) is 30.0 Å². The van der Waals surface area contributed by atoms with Crippen molar-refractivity contribution in [1.29, 1.82) is 0 Å². The van der Waals surface area contributed by atoms with Crippen molar-refractivity contribution in [1.82, 2.24) is 10.2 Å². The molecule has 1 N–H and O–H groups in total. The Kier molecular flexibility index (Phi) is 6.88. The highest BCUT2D eigenvalue weighted by Gasteiger charge is 2.20. The Bertz CT molecular complexity index is 740. The topological polar surface area (TPSA) is 81.2 Å². The van der Waals surface area contributed by atoms with Crippen molar-refractivity contribution in [3.8, 4) is 0 Å². The first-order valence-corrected chi connectivity index (χ1v) is 8.65. The van der Waals surface area contributed by atoms with Gasteiger partial charge in [0.15, 0.2) is 5.82 Å². The third-order valence-corrected chi connectivity index (χ3v) is 4.42. The lowest BCUT2D eigenvalue weighted by Crippen LogP contribution is -2.19. The Morgan fingerprint density at radius 2 is 2.04 bits per heavy atom. The van der Waals surface area contributed by atoms with Gasteiger partial charge in [0.25, 0.3) is 5.91 Å². The van der Waals surface area contributed by atoms with Crippen molar-refractivity contribution in [2.45, 2.75) is 30.5 Å². The van der Waals surface area contributed by atoms with Crippen molar-refractivity contribution in [2.24, 2.45) is 0 Å². The van der Waals surface area contributed by atoms with Crippen LogP contribution >= 0.6 is 11.8 Å². The number of ether oxygens (including phenoxy) is 1. The highest BCUT2D eigenvalue weighted by molar-refractivity contribution is 8.00. The van der Waals surface area contributed by atoms with Crippen LogP contribution in [0.25, 0.3) is 0 Å². The maximum Gasteiger partial charge on any atom is 0.319 e. The zero-order valence-electron chi connectivity index (χ0n) is 13.9. The van der Waals surface area contributed by atoms with Gasteiger partial charge in [0.1, 0.15) is 16.1 Å². The molecule has 132 valence electrons. The van der Waals surface area contributed by atoms with Gasteiger partial charge in [-0.1, -0.05) is 24.8 Å². The molecule has 8 heteroatoms. The average molecular weight is 363 g/mol. The van der Waals surface area contributed by atoms with Crippen molar-refractivity contribution in [3.05, 3.63) is 47.8 Å². The second-order valence-corrected chi connectivity index (χ2v) is 6.21. The largest absolute Gasteiger partial charge is 0.465 e. The van der Waals surface area contributed by atoms with E-state index in [1.807, 2.05) is 6.92 Å². The van der Waals surface area contributed by atoms with Gasteiger partial charge in [-0.05, 0) is 43.7 Å². The summed E-state index contributed by atoms with van der Waals surface area (Å²) in [5.74, 6) is -1.02. The Morgan fingerprint density at radius 1 is 1.24 bits per heavy atom. The van der Waals surface area contributed by atoms with Gasteiger partial charge in [-0.15, -0.1) is 10.2 Å². The van der Waals surface area contributed by atoms with Crippen LogP contribution in [-0.2, 0) is 9.53 Å². The van der Waals surface area contributed by atoms with E-state index in [1.54, 1.807) is 19.1 Å². The molecule has 0 radical (unpaired) electrons. The van der Waals surface area contributed by atoms with E-state index >= 15 is 0 Å². The number of hydrogen-bond acceptors (Lipinski definition) is 6. The summed E-state index contributed by atoms with van der Waals surface area (Å²) in [4.78, 5) is 23.8. The number of hydrogen-bond donors (Lipinski definition) is 1. The van der Waals surface area contributed by atoms with Gasteiger partial charge in [0.05, 0.1) is 6.61 Å². The normalized spacial score (nSPS) is 11.6. The van der Waals surface area contributed by atoms with Crippen LogP contribution in [0, 0.1) is 5.82 Å². The maximum atomic E-state index is 13.1. The minimum Gasteiger partial charge on any atom is -0.465 e. The summed E-state index contributed by atoms with van der Waals surface area (Å²) in [7, 11) is 0. The SMILES string of the molecule is CCOC(=O)C(CC)Sc1ccc(NC(=O)c2cccc(F)c2)nn1. The number of rotatable bonds is 7. The molecule has 0 aliphatic heterocycles. The van der Waals surface area contributed by atoms with Crippen LogP contribution in [0.5, 0.6) is 0 Å². The third kappa shape index (κ3) is 5.53. The molecule has 25 heavy (non-hydrogen) atoms. The summed E-state index contributed by atoms with van der Waals surface area (Å²) in [6.07, 6.45) is 0.600. The van der Waals surface area contributed by atoms with E-state index < -0.39 is 11.7 Å². The second-order valence-electron chi connectivity index (χ2n) is 4.99. The zero-order chi connectivity index (χ0) is 18.2. The standard InChI is InChI=1S/C17H18FN3O3S/c1-3-13(17(23)24-4-2)25-15-9-8-14(20-21-15)19-16(22)11-6-5-7-12(18)10-11/h5-10,13H,3-4H2,1-2H3,(H,19,20,22). The number of halogens is 1. The lowest BCUT2D eigenvalue weighted by Gasteiger charge is -2.12. The minimum atomic E-state index is -0.491. The van der Waals surface area contributed by atoms with Crippen molar-refractivity contribution < 1.29 is 18.7 Å². The first-order chi connectivity index (χ1) is 12.0. The third-order valence-electron chi connectivity index (χ3n) is 3.15. The fourth-order valence-electron chi connectivity index (χ4n) is 1.95. The number of amides is 1. The van der Waals surface area contributed by atoms with Gasteiger partial charge in [-0.3, -0.25) is 9.59 Å². The van der Waals surface area contributed by atoms with Crippen LogP contribution in [0.3, 0.4) is 0 Å². The van der Waals surface area contributed by atoms with Crippen LogP contribution in [-0.4, -0.2) is 33.9 Å². The molecule has 2 aromatic rings. The molecular weight excluding hydrogens is 345 g/mol. The number of carbonyl (C=O) groups is 2. The summed E-state index contributed by atoms with van der Waals surface area (Å²) >= 11 is 1.25. The number of aromatic nitrogens is 2. The van der Waals surface area contributed by atoms with Gasteiger partial charge in [-0.2, -0.15) is 0 Å². The Morgan fingerprint density at radius 3 is 2.64 bits per heavy atom. The van der Waals surface area contributed by atoms with Gasteiger partial charge >= 0.3 is 5.97 Å². The molecule has 1 unspecified atom stereocenters. The molecule has 0 aliphatic carbocycles. The lowest BCUT2D eigenvalue weighted by atomic mass is 10.2. The van der Waals surface area contributed by atoms with E-state index in [4.69, 9.17) is 4.74 Å². The van der Waals surface area contributed by atoms with E-state index in [9.17, 15) is 14.0 Å². The fraction of sp³-hybridized carbons (Fsp3) is 0.294. The van der Waals surface area contributed by atoms with Crippen molar-refractivity contribution in [2.75, 3.05) is 11.9 Å². The maximum absolute atomic E-state index is 13.1. The Hall–Kier alpha value is -2.48. The van der Waals surface area contributed by atoms with E-state index in [2.05, 4.69) is 15.5 Å². The number of esters is 1. The number of carbonyl (C=O) groups excluding carboxylic acids is 2. The molecule has 2 rings (SSSR count). The predicted molar refractivity (Wildman–Crippen MR) is 93.0 cm³/mol. The molecule has 0 fully saturated rings. The minimum absolute atomic E-state index is 0.189. The number of thioether (sulfide) groups is 1. The second kappa shape index (κ2) is 9.12. The molecule has 0 spiro atoms. The number of anilines is 1. The summed E-state index contributed by atoms with van der Waals surface area (Å²) in [5.41, 5.74) is 0.189. The molecule has 0 saturated carbocycles. The van der Waals surface area contributed by atoms with Gasteiger partial charge in [0.2, 0.25) is 0 Å². The van der Waals surface area contributed by atoms with Crippen LogP contribution in [0.4, 0.5) is 10.2 Å². The summed E-state index contributed by atoms with van der Waals surface area (Å²) in [6.45, 7) is 3.97. The fourth-order valence-corrected chi connectivity index (χ4v) is 2.80. The molecule has 0 saturated heterocycles. The summed E-state index contributed by atoms with van der Waals surface area (Å²) in [5, 5.41) is 10.6. The number of benzene rings is 1. The molecule has 1 aromatic heterocycles. The molecule has 1 heterocycles. The van der Waals surface area contributed by atoms with E-state index in [-0.39, 0.29) is 22.6 Å². The van der Waals surface area contributed by atoms with E-state index in [0.717, 1.165) is 6.07 Å². The van der Waals surface area contributed by atoms with Crippen LogP contribution in [0.1, 0.15) is 30.6 Å². The van der Waals surface area contributed by atoms with Gasteiger partial charge < -0.3 is 10.1 Å². The summed E-state index contributed by atoms with van der Waals surface area (Å²) in [6, 6.07) is 8.58. The highest BCUT2D eigenvalue weighted by Crippen LogP contribution is 2.24. The van der Waals surface area contributed by atoms with Crippen LogP contribution < -0.4 is 5.32 Å². The zero-order valence-corrected chi connectivity index (χ0v) is 14.7. The molecule has 1 aromatic carbocycles. The summed E-state index contributed by atoms with van der Waals surface area (Å²) < 4.78 is 18.2. The number of nitrogens with zero attached hydrogens (tertiary/aromatic N) is 2. The Balaban J connectivity index is 1.99. The van der Waals surface area contributed by atoms with Crippen LogP contribution in [0.15, 0.2) is 41.4 Å². The molecular formula is C17H18FN3O3S. The molecule has 0 aliphatic rings. The van der Waals surface area contributed by atoms with Crippen molar-refractivity contribution in [3.63, 3.8) is 0 Å². The molecule has 1 amide bonds. The average Bonchev–Trinajstić information content (AvgIpc) is 2.61. The predicted octanol–water partition coefficient (Wildman–Crippen LogP) is 3.30. The highest BCUT2D eigenvalue weighted by atomic mass is 32.2. The monoisotopic (exact) mass is 363 g/mol. The number of nitrogens with one attached hydrogen (secondary N) is 1. The van der Waals surface area contributed by atoms with Gasteiger partial charge in [-0.25, -0.2) is 4.39 Å². The van der Waals surface area contributed by atoms with Crippen LogP contribution in [0.2, 0.25) is 0 Å². The quantitative estimate of drug-likeness (QED) is 0.600.